The van der Waals surface area contributed by atoms with Crippen molar-refractivity contribution in [2.45, 2.75) is 26.3 Å². The zero-order chi connectivity index (χ0) is 11.4. The zero-order valence-corrected chi connectivity index (χ0v) is 10.3. The minimum Gasteiger partial charge on any atom is -0.349 e. The first-order valence-electron chi connectivity index (χ1n) is 5.39. The molecule has 2 aromatic heterocycles. The van der Waals surface area contributed by atoms with E-state index in [-0.39, 0.29) is 0 Å². The van der Waals surface area contributed by atoms with Crippen molar-refractivity contribution < 1.29 is 0 Å². The Balaban J connectivity index is 1.80. The summed E-state index contributed by atoms with van der Waals surface area (Å²) < 4.78 is 0. The topological polar surface area (TPSA) is 53.6 Å². The third-order valence-electron chi connectivity index (χ3n) is 2.54. The molecule has 5 heteroatoms. The van der Waals surface area contributed by atoms with Crippen molar-refractivity contribution in [1.29, 1.82) is 0 Å². The molecule has 16 heavy (non-hydrogen) atoms. The lowest BCUT2D eigenvalue weighted by molar-refractivity contribution is 0.575. The van der Waals surface area contributed by atoms with Gasteiger partial charge in [-0.25, -0.2) is 9.97 Å². The van der Waals surface area contributed by atoms with Gasteiger partial charge in [-0.05, 0) is 13.8 Å². The van der Waals surface area contributed by atoms with E-state index in [1.165, 1.54) is 4.88 Å². The second-order valence-corrected chi connectivity index (χ2v) is 4.65. The molecule has 1 atom stereocenters. The molecule has 0 fully saturated rings. The summed E-state index contributed by atoms with van der Waals surface area (Å²) in [6.45, 7) is 5.14. The van der Waals surface area contributed by atoms with Gasteiger partial charge in [0, 0.05) is 36.3 Å². The van der Waals surface area contributed by atoms with E-state index in [0.717, 1.165) is 24.5 Å². The summed E-state index contributed by atoms with van der Waals surface area (Å²) in [6, 6.07) is 0.363. The summed E-state index contributed by atoms with van der Waals surface area (Å²) in [7, 11) is 0. The number of hydrogen-bond acceptors (Lipinski definition) is 4. The van der Waals surface area contributed by atoms with Crippen molar-refractivity contribution in [1.82, 2.24) is 20.3 Å². The summed E-state index contributed by atoms with van der Waals surface area (Å²) in [5.41, 5.74) is 3.03. The van der Waals surface area contributed by atoms with Crippen molar-refractivity contribution in [3.8, 4) is 0 Å². The predicted octanol–water partition coefficient (Wildman–Crippen LogP) is 2.07. The van der Waals surface area contributed by atoms with E-state index >= 15 is 0 Å². The fraction of sp³-hybridized carbons (Fsp3) is 0.455. The Kier molecular flexibility index (Phi) is 3.69. The molecule has 2 rings (SSSR count). The molecule has 2 N–H and O–H groups in total. The average Bonchev–Trinajstić information content (AvgIpc) is 2.88. The predicted molar refractivity (Wildman–Crippen MR) is 65.6 cm³/mol. The maximum Gasteiger partial charge on any atom is 0.107 e. The van der Waals surface area contributed by atoms with Gasteiger partial charge in [0.2, 0.25) is 0 Å². The van der Waals surface area contributed by atoms with Crippen LogP contribution in [0.3, 0.4) is 0 Å². The molecule has 0 radical (unpaired) electrons. The second-order valence-electron chi connectivity index (χ2n) is 3.76. The Morgan fingerprint density at radius 1 is 1.50 bits per heavy atom. The second kappa shape index (κ2) is 5.23. The lowest BCUT2D eigenvalue weighted by Crippen LogP contribution is -2.21. The summed E-state index contributed by atoms with van der Waals surface area (Å²) >= 11 is 1.71. The SMILES string of the molecule is Cc1ncsc1C(C)NCCc1ncc[nH]1. The van der Waals surface area contributed by atoms with Crippen molar-refractivity contribution in [3.63, 3.8) is 0 Å². The highest BCUT2D eigenvalue weighted by Gasteiger charge is 2.09. The molecular weight excluding hydrogens is 220 g/mol. The quantitative estimate of drug-likeness (QED) is 0.835. The Bertz CT molecular complexity index is 421. The zero-order valence-electron chi connectivity index (χ0n) is 9.53. The van der Waals surface area contributed by atoms with Gasteiger partial charge in [-0.15, -0.1) is 11.3 Å². The van der Waals surface area contributed by atoms with Gasteiger partial charge in [-0.1, -0.05) is 0 Å². The minimum atomic E-state index is 0.363. The van der Waals surface area contributed by atoms with Gasteiger partial charge < -0.3 is 10.3 Å². The first-order chi connectivity index (χ1) is 7.77. The van der Waals surface area contributed by atoms with Gasteiger partial charge in [0.25, 0.3) is 0 Å². The first-order valence-corrected chi connectivity index (χ1v) is 6.27. The molecule has 0 saturated heterocycles. The highest BCUT2D eigenvalue weighted by Crippen LogP contribution is 2.20. The monoisotopic (exact) mass is 236 g/mol. The smallest absolute Gasteiger partial charge is 0.107 e. The first kappa shape index (κ1) is 11.3. The highest BCUT2D eigenvalue weighted by atomic mass is 32.1. The van der Waals surface area contributed by atoms with Gasteiger partial charge in [0.05, 0.1) is 11.2 Å². The van der Waals surface area contributed by atoms with Crippen LogP contribution in [0.2, 0.25) is 0 Å². The normalized spacial score (nSPS) is 12.9. The van der Waals surface area contributed by atoms with E-state index in [4.69, 9.17) is 0 Å². The molecule has 2 aromatic rings. The summed E-state index contributed by atoms with van der Waals surface area (Å²) in [4.78, 5) is 12.9. The van der Waals surface area contributed by atoms with Crippen LogP contribution in [0.25, 0.3) is 0 Å². The van der Waals surface area contributed by atoms with E-state index < -0.39 is 0 Å². The molecule has 0 bridgehead atoms. The molecule has 0 saturated carbocycles. The Morgan fingerprint density at radius 2 is 2.38 bits per heavy atom. The number of H-pyrrole nitrogens is 1. The van der Waals surface area contributed by atoms with Crippen molar-refractivity contribution in [2.24, 2.45) is 0 Å². The summed E-state index contributed by atoms with van der Waals surface area (Å²) in [5, 5.41) is 3.47. The van der Waals surface area contributed by atoms with E-state index in [9.17, 15) is 0 Å². The van der Waals surface area contributed by atoms with Crippen LogP contribution in [0, 0.1) is 6.92 Å². The molecular formula is C11H16N4S. The third kappa shape index (κ3) is 2.68. The van der Waals surface area contributed by atoms with Crippen LogP contribution in [0.1, 0.15) is 29.4 Å². The number of aryl methyl sites for hydroxylation is 1. The number of hydrogen-bond donors (Lipinski definition) is 2. The number of nitrogens with one attached hydrogen (secondary N) is 2. The highest BCUT2D eigenvalue weighted by molar-refractivity contribution is 7.09. The largest absolute Gasteiger partial charge is 0.349 e. The van der Waals surface area contributed by atoms with Crippen LogP contribution < -0.4 is 5.32 Å². The fourth-order valence-electron chi connectivity index (χ4n) is 1.66. The van der Waals surface area contributed by atoms with Gasteiger partial charge >= 0.3 is 0 Å². The summed E-state index contributed by atoms with van der Waals surface area (Å²) in [6.07, 6.45) is 4.56. The van der Waals surface area contributed by atoms with E-state index in [1.807, 2.05) is 11.7 Å². The lowest BCUT2D eigenvalue weighted by Gasteiger charge is -2.11. The third-order valence-corrected chi connectivity index (χ3v) is 3.66. The standard InChI is InChI=1S/C11H16N4S/c1-8(11-9(2)15-7-16-11)12-4-3-10-13-5-6-14-10/h5-8,12H,3-4H2,1-2H3,(H,13,14). The molecule has 1 unspecified atom stereocenters. The molecule has 0 aliphatic rings. The summed E-state index contributed by atoms with van der Waals surface area (Å²) in [5.74, 6) is 1.03. The molecule has 0 amide bonds. The molecule has 0 aliphatic heterocycles. The van der Waals surface area contributed by atoms with Gasteiger partial charge in [0.15, 0.2) is 0 Å². The number of aromatic amines is 1. The van der Waals surface area contributed by atoms with Crippen LogP contribution in [0.4, 0.5) is 0 Å². The van der Waals surface area contributed by atoms with E-state index in [2.05, 4.69) is 34.1 Å². The number of aromatic nitrogens is 3. The Labute approximate surface area is 99.2 Å². The minimum absolute atomic E-state index is 0.363. The molecule has 0 spiro atoms. The van der Waals surface area contributed by atoms with Crippen LogP contribution in [0.5, 0.6) is 0 Å². The number of thiazole rings is 1. The maximum atomic E-state index is 4.26. The van der Waals surface area contributed by atoms with Crippen molar-refractivity contribution in [2.75, 3.05) is 6.54 Å². The van der Waals surface area contributed by atoms with Crippen LogP contribution in [-0.4, -0.2) is 21.5 Å². The van der Waals surface area contributed by atoms with E-state index in [1.54, 1.807) is 17.5 Å². The van der Waals surface area contributed by atoms with Gasteiger partial charge in [0.1, 0.15) is 5.82 Å². The number of nitrogens with zero attached hydrogens (tertiary/aromatic N) is 2. The lowest BCUT2D eigenvalue weighted by atomic mass is 10.2. The Morgan fingerprint density at radius 3 is 3.00 bits per heavy atom. The van der Waals surface area contributed by atoms with Gasteiger partial charge in [-0.3, -0.25) is 0 Å². The van der Waals surface area contributed by atoms with Crippen LogP contribution in [-0.2, 0) is 6.42 Å². The van der Waals surface area contributed by atoms with Crippen LogP contribution >= 0.6 is 11.3 Å². The van der Waals surface area contributed by atoms with E-state index in [0.29, 0.717) is 6.04 Å². The molecule has 0 aromatic carbocycles. The van der Waals surface area contributed by atoms with Gasteiger partial charge in [-0.2, -0.15) is 0 Å². The van der Waals surface area contributed by atoms with Crippen molar-refractivity contribution >= 4 is 11.3 Å². The fourth-order valence-corrected chi connectivity index (χ4v) is 2.50. The number of rotatable bonds is 5. The molecule has 86 valence electrons. The van der Waals surface area contributed by atoms with Crippen molar-refractivity contribution in [3.05, 3.63) is 34.3 Å². The molecule has 2 heterocycles. The molecule has 4 nitrogen and oxygen atoms in total. The average molecular weight is 236 g/mol. The molecule has 0 aliphatic carbocycles. The maximum absolute atomic E-state index is 4.26. The van der Waals surface area contributed by atoms with Crippen LogP contribution in [0.15, 0.2) is 17.9 Å². The Hall–Kier alpha value is -1.20. The number of imidazole rings is 1.